The van der Waals surface area contributed by atoms with E-state index >= 15 is 0 Å². The van der Waals surface area contributed by atoms with Gasteiger partial charge in [-0.05, 0) is 35.2 Å². The van der Waals surface area contributed by atoms with Crippen LogP contribution in [0.5, 0.6) is 5.75 Å². The molecule has 0 spiro atoms. The maximum absolute atomic E-state index is 12.3. The Morgan fingerprint density at radius 3 is 2.45 bits per heavy atom. The van der Waals surface area contributed by atoms with Gasteiger partial charge < -0.3 is 19.2 Å². The highest BCUT2D eigenvalue weighted by atomic mass is 35.5. The number of morpholine rings is 1. The number of hydrogen-bond donors (Lipinski definition) is 1. The average molecular weight is 423 g/mol. The van der Waals surface area contributed by atoms with Gasteiger partial charge in [0.1, 0.15) is 11.5 Å². The Hall–Kier alpha value is -2.02. The van der Waals surface area contributed by atoms with Crippen molar-refractivity contribution < 1.29 is 18.7 Å². The number of carbonyl (C=O) groups excluding carboxylic acids is 1. The van der Waals surface area contributed by atoms with Gasteiger partial charge in [-0.15, -0.1) is 12.4 Å². The second kappa shape index (κ2) is 10.7. The maximum Gasteiger partial charge on any atom is 0.258 e. The Bertz CT molecular complexity index is 735. The fourth-order valence-electron chi connectivity index (χ4n) is 3.24. The zero-order valence-corrected chi connectivity index (χ0v) is 18.2. The summed E-state index contributed by atoms with van der Waals surface area (Å²) in [5.41, 5.74) is 1.33. The molecule has 1 unspecified atom stereocenters. The molecule has 7 heteroatoms. The van der Waals surface area contributed by atoms with Gasteiger partial charge in [0.2, 0.25) is 0 Å². The third-order valence-electron chi connectivity index (χ3n) is 4.94. The second-order valence-corrected chi connectivity index (χ2v) is 8.05. The lowest BCUT2D eigenvalue weighted by Gasteiger charge is -2.33. The van der Waals surface area contributed by atoms with Crippen LogP contribution in [-0.4, -0.2) is 50.3 Å². The summed E-state index contributed by atoms with van der Waals surface area (Å²) < 4.78 is 16.6. The smallest absolute Gasteiger partial charge is 0.258 e. The summed E-state index contributed by atoms with van der Waals surface area (Å²) in [4.78, 5) is 14.6. The van der Waals surface area contributed by atoms with Crippen LogP contribution in [0.1, 0.15) is 38.1 Å². The maximum atomic E-state index is 12.3. The first-order chi connectivity index (χ1) is 13.4. The first-order valence-electron chi connectivity index (χ1n) is 9.79. The van der Waals surface area contributed by atoms with Crippen molar-refractivity contribution in [3.05, 3.63) is 54.0 Å². The normalized spacial score (nSPS) is 16.0. The van der Waals surface area contributed by atoms with Crippen LogP contribution in [-0.2, 0) is 14.9 Å². The van der Waals surface area contributed by atoms with Gasteiger partial charge in [-0.2, -0.15) is 0 Å². The molecule has 2 aromatic rings. The Balaban J connectivity index is 0.00000300. The van der Waals surface area contributed by atoms with Crippen LogP contribution in [0.15, 0.2) is 47.1 Å². The van der Waals surface area contributed by atoms with Gasteiger partial charge in [-0.25, -0.2) is 0 Å². The highest BCUT2D eigenvalue weighted by Crippen LogP contribution is 2.24. The molecule has 1 aliphatic rings. The molecule has 1 aromatic heterocycles. The number of ether oxygens (including phenoxy) is 2. The molecule has 160 valence electrons. The van der Waals surface area contributed by atoms with E-state index in [1.54, 1.807) is 6.26 Å². The third kappa shape index (κ3) is 6.77. The second-order valence-electron chi connectivity index (χ2n) is 8.05. The SMILES string of the molecule is CC(C)(C)c1ccc(OCC(=O)NCC(c2ccco2)N2CCOCC2)cc1.Cl. The Labute approximate surface area is 179 Å². The van der Waals surface area contributed by atoms with Crippen LogP contribution in [0.3, 0.4) is 0 Å². The molecule has 0 aliphatic carbocycles. The molecule has 1 atom stereocenters. The average Bonchev–Trinajstić information content (AvgIpc) is 3.21. The van der Waals surface area contributed by atoms with Gasteiger partial charge in [0.25, 0.3) is 5.91 Å². The fourth-order valence-corrected chi connectivity index (χ4v) is 3.24. The van der Waals surface area contributed by atoms with Crippen LogP contribution in [0.2, 0.25) is 0 Å². The molecule has 1 N–H and O–H groups in total. The molecular formula is C22H31ClN2O4. The van der Waals surface area contributed by atoms with Gasteiger partial charge in [-0.3, -0.25) is 9.69 Å². The zero-order valence-electron chi connectivity index (χ0n) is 17.3. The number of halogens is 1. The molecule has 0 bridgehead atoms. The first-order valence-corrected chi connectivity index (χ1v) is 9.79. The number of furan rings is 1. The summed E-state index contributed by atoms with van der Waals surface area (Å²) in [5, 5.41) is 2.97. The van der Waals surface area contributed by atoms with Crippen molar-refractivity contribution in [2.75, 3.05) is 39.5 Å². The number of carbonyl (C=O) groups is 1. The summed E-state index contributed by atoms with van der Waals surface area (Å²) in [6.45, 7) is 9.98. The van der Waals surface area contributed by atoms with Crippen molar-refractivity contribution in [2.45, 2.75) is 32.2 Å². The third-order valence-corrected chi connectivity index (χ3v) is 4.94. The molecule has 3 rings (SSSR count). The van der Waals surface area contributed by atoms with E-state index in [1.807, 2.05) is 36.4 Å². The summed E-state index contributed by atoms with van der Waals surface area (Å²) in [7, 11) is 0. The highest BCUT2D eigenvalue weighted by molar-refractivity contribution is 5.85. The zero-order chi connectivity index (χ0) is 20.0. The first kappa shape index (κ1) is 23.3. The monoisotopic (exact) mass is 422 g/mol. The molecule has 1 amide bonds. The quantitative estimate of drug-likeness (QED) is 0.739. The Morgan fingerprint density at radius 1 is 1.17 bits per heavy atom. The standard InChI is InChI=1S/C22H30N2O4.ClH/c1-22(2,3)17-6-8-18(9-7-17)28-16-21(25)23-15-19(20-5-4-12-27-20)24-10-13-26-14-11-24;/h4-9,12,19H,10-11,13-16H2,1-3H3,(H,23,25);1H. The molecule has 0 radical (unpaired) electrons. The van der Waals surface area contributed by atoms with Crippen LogP contribution in [0.4, 0.5) is 0 Å². The van der Waals surface area contributed by atoms with Crippen molar-refractivity contribution in [3.8, 4) is 5.75 Å². The van der Waals surface area contributed by atoms with Crippen LogP contribution in [0.25, 0.3) is 0 Å². The molecule has 0 saturated carbocycles. The number of benzene rings is 1. The summed E-state index contributed by atoms with van der Waals surface area (Å²) in [6, 6.07) is 11.7. The number of hydrogen-bond acceptors (Lipinski definition) is 5. The molecule has 2 heterocycles. The highest BCUT2D eigenvalue weighted by Gasteiger charge is 2.25. The van der Waals surface area contributed by atoms with Crippen LogP contribution >= 0.6 is 12.4 Å². The van der Waals surface area contributed by atoms with Crippen LogP contribution < -0.4 is 10.1 Å². The van der Waals surface area contributed by atoms with E-state index in [-0.39, 0.29) is 36.4 Å². The predicted molar refractivity (Wildman–Crippen MR) is 115 cm³/mol. The molecule has 1 aromatic carbocycles. The molecule has 1 saturated heterocycles. The number of rotatable bonds is 7. The van der Waals surface area contributed by atoms with Gasteiger partial charge in [0.15, 0.2) is 6.61 Å². The van der Waals surface area contributed by atoms with Gasteiger partial charge >= 0.3 is 0 Å². The van der Waals surface area contributed by atoms with Crippen molar-refractivity contribution in [1.82, 2.24) is 10.2 Å². The van der Waals surface area contributed by atoms with Crippen molar-refractivity contribution in [1.29, 1.82) is 0 Å². The summed E-state index contributed by atoms with van der Waals surface area (Å²) in [5.74, 6) is 1.39. The number of amides is 1. The van der Waals surface area contributed by atoms with E-state index in [0.717, 1.165) is 18.8 Å². The largest absolute Gasteiger partial charge is 0.484 e. The summed E-state index contributed by atoms with van der Waals surface area (Å²) >= 11 is 0. The van der Waals surface area contributed by atoms with Gasteiger partial charge in [-0.1, -0.05) is 32.9 Å². The van der Waals surface area contributed by atoms with E-state index in [9.17, 15) is 4.79 Å². The lowest BCUT2D eigenvalue weighted by Crippen LogP contribution is -2.44. The van der Waals surface area contributed by atoms with E-state index < -0.39 is 0 Å². The molecule has 1 aliphatic heterocycles. The van der Waals surface area contributed by atoms with E-state index in [4.69, 9.17) is 13.9 Å². The van der Waals surface area contributed by atoms with Crippen molar-refractivity contribution in [3.63, 3.8) is 0 Å². The van der Waals surface area contributed by atoms with Crippen LogP contribution in [0, 0.1) is 0 Å². The van der Waals surface area contributed by atoms with Gasteiger partial charge in [0, 0.05) is 19.6 Å². The number of nitrogens with zero attached hydrogens (tertiary/aromatic N) is 1. The minimum Gasteiger partial charge on any atom is -0.484 e. The van der Waals surface area contributed by atoms with Gasteiger partial charge in [0.05, 0.1) is 25.5 Å². The minimum absolute atomic E-state index is 0. The van der Waals surface area contributed by atoms with Crippen molar-refractivity contribution in [2.24, 2.45) is 0 Å². The Kier molecular flexibility index (Phi) is 8.56. The topological polar surface area (TPSA) is 63.9 Å². The van der Waals surface area contributed by atoms with E-state index in [2.05, 4.69) is 31.0 Å². The van der Waals surface area contributed by atoms with E-state index in [0.29, 0.717) is 25.5 Å². The number of nitrogens with one attached hydrogen (secondary N) is 1. The summed E-state index contributed by atoms with van der Waals surface area (Å²) in [6.07, 6.45) is 1.66. The predicted octanol–water partition coefficient (Wildman–Crippen LogP) is 3.57. The lowest BCUT2D eigenvalue weighted by atomic mass is 9.87. The molecule has 29 heavy (non-hydrogen) atoms. The Morgan fingerprint density at radius 2 is 1.86 bits per heavy atom. The van der Waals surface area contributed by atoms with Crippen molar-refractivity contribution >= 4 is 18.3 Å². The lowest BCUT2D eigenvalue weighted by molar-refractivity contribution is -0.123. The molecule has 1 fully saturated rings. The molecule has 6 nitrogen and oxygen atoms in total. The molecular weight excluding hydrogens is 392 g/mol. The fraction of sp³-hybridized carbons (Fsp3) is 0.500. The van der Waals surface area contributed by atoms with E-state index in [1.165, 1.54) is 5.56 Å². The minimum atomic E-state index is -0.148.